The van der Waals surface area contributed by atoms with Crippen LogP contribution in [0, 0.1) is 0 Å². The number of aromatic amines is 1. The van der Waals surface area contributed by atoms with E-state index < -0.39 is 0 Å². The van der Waals surface area contributed by atoms with Gasteiger partial charge in [-0.2, -0.15) is 0 Å². The number of para-hydroxylation sites is 1. The Kier molecular flexibility index (Phi) is 3.98. The van der Waals surface area contributed by atoms with Crippen molar-refractivity contribution in [1.29, 1.82) is 0 Å². The molecule has 0 aliphatic carbocycles. The summed E-state index contributed by atoms with van der Waals surface area (Å²) in [5.74, 6) is -0.113. The van der Waals surface area contributed by atoms with E-state index in [9.17, 15) is 9.59 Å². The summed E-state index contributed by atoms with van der Waals surface area (Å²) >= 11 is 0. The van der Waals surface area contributed by atoms with E-state index in [-0.39, 0.29) is 11.8 Å². The van der Waals surface area contributed by atoms with E-state index in [0.717, 1.165) is 36.8 Å². The van der Waals surface area contributed by atoms with E-state index >= 15 is 0 Å². The van der Waals surface area contributed by atoms with Gasteiger partial charge in [0.15, 0.2) is 0 Å². The lowest BCUT2D eigenvalue weighted by atomic mass is 10.1. The van der Waals surface area contributed by atoms with Gasteiger partial charge >= 0.3 is 0 Å². The molecule has 2 amide bonds. The minimum absolute atomic E-state index is 0.0616. The zero-order valence-electron chi connectivity index (χ0n) is 13.8. The molecule has 2 heterocycles. The highest BCUT2D eigenvalue weighted by Crippen LogP contribution is 2.19. The first-order valence-corrected chi connectivity index (χ1v) is 8.49. The highest BCUT2D eigenvalue weighted by Gasteiger charge is 2.19. The number of rotatable bonds is 3. The van der Waals surface area contributed by atoms with Gasteiger partial charge in [0.05, 0.1) is 11.1 Å². The average Bonchev–Trinajstić information content (AvgIpc) is 3.33. The van der Waals surface area contributed by atoms with Crippen molar-refractivity contribution >= 4 is 28.4 Å². The number of hydrogen-bond donors (Lipinski definition) is 2. The summed E-state index contributed by atoms with van der Waals surface area (Å²) in [7, 11) is 0. The molecule has 3 aromatic rings. The molecule has 0 radical (unpaired) electrons. The summed E-state index contributed by atoms with van der Waals surface area (Å²) in [6, 6.07) is 14.6. The van der Waals surface area contributed by atoms with Gasteiger partial charge in [-0.3, -0.25) is 9.59 Å². The van der Waals surface area contributed by atoms with Crippen LogP contribution in [0.4, 0.5) is 5.69 Å². The lowest BCUT2D eigenvalue weighted by Crippen LogP contribution is -2.27. The Morgan fingerprint density at radius 2 is 1.72 bits per heavy atom. The molecule has 0 atom stereocenters. The molecule has 5 heteroatoms. The predicted molar refractivity (Wildman–Crippen MR) is 97.8 cm³/mol. The van der Waals surface area contributed by atoms with Gasteiger partial charge < -0.3 is 15.2 Å². The van der Waals surface area contributed by atoms with Crippen molar-refractivity contribution in [3.63, 3.8) is 0 Å². The van der Waals surface area contributed by atoms with Crippen LogP contribution in [0.5, 0.6) is 0 Å². The third-order valence-corrected chi connectivity index (χ3v) is 4.61. The molecule has 25 heavy (non-hydrogen) atoms. The molecule has 2 aromatic carbocycles. The van der Waals surface area contributed by atoms with Gasteiger partial charge in [0.1, 0.15) is 0 Å². The Labute approximate surface area is 145 Å². The topological polar surface area (TPSA) is 65.2 Å². The zero-order chi connectivity index (χ0) is 17.2. The van der Waals surface area contributed by atoms with Gasteiger partial charge in [0.25, 0.3) is 11.8 Å². The highest BCUT2D eigenvalue weighted by atomic mass is 16.2. The molecule has 5 nitrogen and oxygen atoms in total. The SMILES string of the molecule is O=C(Nc1ccc(C(=O)N2CCCC2)cc1)c1cccc2cc[nH]c12. The molecule has 1 aliphatic rings. The van der Waals surface area contributed by atoms with Crippen LogP contribution >= 0.6 is 0 Å². The van der Waals surface area contributed by atoms with Crippen LogP contribution in [-0.2, 0) is 0 Å². The Bertz CT molecular complexity index is 922. The molecule has 2 N–H and O–H groups in total. The lowest BCUT2D eigenvalue weighted by molar-refractivity contribution is 0.0792. The van der Waals surface area contributed by atoms with Crippen LogP contribution in [0.15, 0.2) is 54.7 Å². The summed E-state index contributed by atoms with van der Waals surface area (Å²) in [6.07, 6.45) is 3.97. The van der Waals surface area contributed by atoms with Crippen LogP contribution in [-0.4, -0.2) is 34.8 Å². The number of anilines is 1. The second-order valence-corrected chi connectivity index (χ2v) is 6.28. The Balaban J connectivity index is 1.50. The maximum absolute atomic E-state index is 12.5. The highest BCUT2D eigenvalue weighted by molar-refractivity contribution is 6.12. The van der Waals surface area contributed by atoms with Gasteiger partial charge in [0.2, 0.25) is 0 Å². The van der Waals surface area contributed by atoms with Crippen LogP contribution in [0.25, 0.3) is 10.9 Å². The number of fused-ring (bicyclic) bond motifs is 1. The fraction of sp³-hybridized carbons (Fsp3) is 0.200. The molecular formula is C20H19N3O2. The van der Waals surface area contributed by atoms with Gasteiger partial charge in [0, 0.05) is 35.9 Å². The fourth-order valence-electron chi connectivity index (χ4n) is 3.27. The van der Waals surface area contributed by atoms with Gasteiger partial charge in [-0.25, -0.2) is 0 Å². The van der Waals surface area contributed by atoms with Crippen molar-refractivity contribution in [3.8, 4) is 0 Å². The number of aromatic nitrogens is 1. The van der Waals surface area contributed by atoms with Crippen molar-refractivity contribution in [1.82, 2.24) is 9.88 Å². The minimum atomic E-state index is -0.174. The molecule has 1 aliphatic heterocycles. The van der Waals surface area contributed by atoms with Crippen LogP contribution in [0.3, 0.4) is 0 Å². The zero-order valence-corrected chi connectivity index (χ0v) is 13.8. The number of H-pyrrole nitrogens is 1. The lowest BCUT2D eigenvalue weighted by Gasteiger charge is -2.15. The third-order valence-electron chi connectivity index (χ3n) is 4.61. The van der Waals surface area contributed by atoms with Crippen LogP contribution in [0.1, 0.15) is 33.6 Å². The number of nitrogens with one attached hydrogen (secondary N) is 2. The second kappa shape index (κ2) is 6.43. The first-order valence-electron chi connectivity index (χ1n) is 8.49. The molecule has 0 saturated carbocycles. The molecule has 1 saturated heterocycles. The van der Waals surface area contributed by atoms with Crippen molar-refractivity contribution in [2.75, 3.05) is 18.4 Å². The molecule has 126 valence electrons. The summed E-state index contributed by atoms with van der Waals surface area (Å²) < 4.78 is 0. The van der Waals surface area contributed by atoms with E-state index in [1.807, 2.05) is 29.3 Å². The number of likely N-dealkylation sites (tertiary alicyclic amines) is 1. The average molecular weight is 333 g/mol. The standard InChI is InChI=1S/C20H19N3O2/c24-19(17-5-3-4-14-10-11-21-18(14)17)22-16-8-6-15(7-9-16)20(25)23-12-1-2-13-23/h3-11,21H,1-2,12-13H2,(H,22,24). The number of amides is 2. The van der Waals surface area contributed by atoms with Crippen molar-refractivity contribution < 1.29 is 9.59 Å². The molecule has 0 spiro atoms. The van der Waals surface area contributed by atoms with Gasteiger partial charge in [-0.15, -0.1) is 0 Å². The maximum Gasteiger partial charge on any atom is 0.257 e. The van der Waals surface area contributed by atoms with Gasteiger partial charge in [-0.05, 0) is 49.2 Å². The van der Waals surface area contributed by atoms with Crippen LogP contribution in [0.2, 0.25) is 0 Å². The number of benzene rings is 2. The summed E-state index contributed by atoms with van der Waals surface area (Å²) in [4.78, 5) is 29.9. The number of carbonyl (C=O) groups is 2. The maximum atomic E-state index is 12.5. The Hall–Kier alpha value is -3.08. The predicted octanol–water partition coefficient (Wildman–Crippen LogP) is 3.66. The fourth-order valence-corrected chi connectivity index (χ4v) is 3.27. The minimum Gasteiger partial charge on any atom is -0.361 e. The summed E-state index contributed by atoms with van der Waals surface area (Å²) in [5.41, 5.74) is 2.75. The van der Waals surface area contributed by atoms with E-state index in [0.29, 0.717) is 16.8 Å². The number of hydrogen-bond acceptors (Lipinski definition) is 2. The third kappa shape index (κ3) is 3.01. The van der Waals surface area contributed by atoms with Crippen molar-refractivity contribution in [2.24, 2.45) is 0 Å². The molecule has 0 unspecified atom stereocenters. The van der Waals surface area contributed by atoms with E-state index in [2.05, 4.69) is 10.3 Å². The Morgan fingerprint density at radius 3 is 2.48 bits per heavy atom. The first kappa shape index (κ1) is 15.4. The van der Waals surface area contributed by atoms with E-state index in [1.165, 1.54) is 0 Å². The first-order chi connectivity index (χ1) is 12.2. The van der Waals surface area contributed by atoms with Crippen LogP contribution < -0.4 is 5.32 Å². The van der Waals surface area contributed by atoms with Gasteiger partial charge in [-0.1, -0.05) is 12.1 Å². The Morgan fingerprint density at radius 1 is 0.960 bits per heavy atom. The summed E-state index contributed by atoms with van der Waals surface area (Å²) in [5, 5.41) is 3.89. The second-order valence-electron chi connectivity index (χ2n) is 6.28. The normalized spacial score (nSPS) is 14.0. The van der Waals surface area contributed by atoms with Crippen molar-refractivity contribution in [2.45, 2.75) is 12.8 Å². The smallest absolute Gasteiger partial charge is 0.257 e. The molecule has 1 fully saturated rings. The van der Waals surface area contributed by atoms with Crippen molar-refractivity contribution in [3.05, 3.63) is 65.9 Å². The number of nitrogens with zero attached hydrogens (tertiary/aromatic N) is 1. The molecule has 4 rings (SSSR count). The number of carbonyl (C=O) groups excluding carboxylic acids is 2. The molecular weight excluding hydrogens is 314 g/mol. The van der Waals surface area contributed by atoms with E-state index in [1.54, 1.807) is 30.3 Å². The quantitative estimate of drug-likeness (QED) is 0.768. The summed E-state index contributed by atoms with van der Waals surface area (Å²) in [6.45, 7) is 1.66. The largest absolute Gasteiger partial charge is 0.361 e. The monoisotopic (exact) mass is 333 g/mol. The molecule has 0 bridgehead atoms. The van der Waals surface area contributed by atoms with E-state index in [4.69, 9.17) is 0 Å². The molecule has 1 aromatic heterocycles.